The molecule has 0 atom stereocenters. The molecular weight excluding hydrogens is 217 g/mol. The van der Waals surface area contributed by atoms with Crippen molar-refractivity contribution in [2.24, 2.45) is 5.14 Å². The number of aryl methyl sites for hydroxylation is 1. The van der Waals surface area contributed by atoms with Gasteiger partial charge in [-0.1, -0.05) is 17.7 Å². The summed E-state index contributed by atoms with van der Waals surface area (Å²) in [5, 5.41) is 4.34. The summed E-state index contributed by atoms with van der Waals surface area (Å²) in [6.45, 7) is 1.48. The minimum Gasteiger partial charge on any atom is -0.225 e. The average Bonchev–Trinajstić information content (AvgIpc) is 1.98. The number of benzene rings is 1. The normalized spacial score (nSPS) is 11.7. The molecule has 0 spiro atoms. The maximum absolute atomic E-state index is 13.1. The maximum atomic E-state index is 13.1. The second kappa shape index (κ2) is 3.25. The van der Waals surface area contributed by atoms with Gasteiger partial charge >= 0.3 is 0 Å². The van der Waals surface area contributed by atoms with Crippen LogP contribution in [0.3, 0.4) is 0 Å². The Morgan fingerprint density at radius 2 is 2.00 bits per heavy atom. The highest BCUT2D eigenvalue weighted by molar-refractivity contribution is 7.89. The number of halogens is 2. The molecule has 0 aliphatic heterocycles. The third-order valence-electron chi connectivity index (χ3n) is 1.55. The first-order chi connectivity index (χ1) is 5.84. The first-order valence-electron chi connectivity index (χ1n) is 3.31. The summed E-state index contributed by atoms with van der Waals surface area (Å²) < 4.78 is 34.8. The van der Waals surface area contributed by atoms with Crippen molar-refractivity contribution in [1.29, 1.82) is 0 Å². The van der Waals surface area contributed by atoms with Gasteiger partial charge in [0.05, 0.1) is 5.02 Å². The second-order valence-electron chi connectivity index (χ2n) is 2.55. The van der Waals surface area contributed by atoms with E-state index >= 15 is 0 Å². The number of hydrogen-bond acceptors (Lipinski definition) is 2. The molecule has 0 radical (unpaired) electrons. The summed E-state index contributed by atoms with van der Waals surface area (Å²) >= 11 is 5.45. The zero-order valence-electron chi connectivity index (χ0n) is 6.71. The fourth-order valence-electron chi connectivity index (χ4n) is 0.848. The summed E-state index contributed by atoms with van der Waals surface area (Å²) in [5.74, 6) is -0.756. The van der Waals surface area contributed by atoms with Gasteiger partial charge in [0.25, 0.3) is 0 Å². The van der Waals surface area contributed by atoms with Gasteiger partial charge in [0.1, 0.15) is 10.7 Å². The average molecular weight is 224 g/mol. The van der Waals surface area contributed by atoms with Gasteiger partial charge < -0.3 is 0 Å². The SMILES string of the molecule is Cc1ccc(S(N)(=O)=O)c(Cl)c1F. The first-order valence-corrected chi connectivity index (χ1v) is 5.24. The van der Waals surface area contributed by atoms with Crippen LogP contribution in [0.5, 0.6) is 0 Å². The van der Waals surface area contributed by atoms with Crippen LogP contribution in [-0.2, 0) is 10.0 Å². The summed E-state index contributed by atoms with van der Waals surface area (Å²) in [5.41, 5.74) is 0.275. The van der Waals surface area contributed by atoms with E-state index < -0.39 is 25.8 Å². The van der Waals surface area contributed by atoms with Crippen molar-refractivity contribution in [3.63, 3.8) is 0 Å². The van der Waals surface area contributed by atoms with Crippen LogP contribution in [0.4, 0.5) is 4.39 Å². The third-order valence-corrected chi connectivity index (χ3v) is 2.98. The Morgan fingerprint density at radius 1 is 1.46 bits per heavy atom. The summed E-state index contributed by atoms with van der Waals surface area (Å²) in [6, 6.07) is 2.48. The van der Waals surface area contributed by atoms with Crippen LogP contribution in [0.25, 0.3) is 0 Å². The van der Waals surface area contributed by atoms with E-state index in [9.17, 15) is 12.8 Å². The van der Waals surface area contributed by atoms with E-state index in [-0.39, 0.29) is 5.56 Å². The molecule has 0 bridgehead atoms. The predicted molar refractivity (Wildman–Crippen MR) is 47.5 cm³/mol. The Morgan fingerprint density at radius 3 is 2.46 bits per heavy atom. The van der Waals surface area contributed by atoms with Gasteiger partial charge in [-0.15, -0.1) is 0 Å². The standard InChI is InChI=1S/C7H7ClFNO2S/c1-4-2-3-5(13(10,11)12)6(8)7(4)9/h2-3H,1H3,(H2,10,11,12). The number of primary sulfonamides is 1. The molecule has 0 aliphatic carbocycles. The zero-order chi connectivity index (χ0) is 10.2. The molecule has 0 amide bonds. The van der Waals surface area contributed by atoms with Gasteiger partial charge in [-0.25, -0.2) is 17.9 Å². The molecule has 3 nitrogen and oxygen atoms in total. The van der Waals surface area contributed by atoms with Crippen molar-refractivity contribution in [1.82, 2.24) is 0 Å². The van der Waals surface area contributed by atoms with Crippen LogP contribution < -0.4 is 5.14 Å². The van der Waals surface area contributed by atoms with Crippen molar-refractivity contribution in [2.75, 3.05) is 0 Å². The molecule has 0 unspecified atom stereocenters. The van der Waals surface area contributed by atoms with E-state index in [0.717, 1.165) is 0 Å². The fraction of sp³-hybridized carbons (Fsp3) is 0.143. The molecule has 1 aromatic rings. The van der Waals surface area contributed by atoms with E-state index in [2.05, 4.69) is 0 Å². The van der Waals surface area contributed by atoms with E-state index in [1.54, 1.807) is 0 Å². The monoisotopic (exact) mass is 223 g/mol. The molecule has 0 saturated carbocycles. The van der Waals surface area contributed by atoms with Crippen LogP contribution in [0.1, 0.15) is 5.56 Å². The molecule has 0 saturated heterocycles. The topological polar surface area (TPSA) is 60.2 Å². The number of hydrogen-bond donors (Lipinski definition) is 1. The lowest BCUT2D eigenvalue weighted by Gasteiger charge is -2.03. The van der Waals surface area contributed by atoms with Crippen molar-refractivity contribution >= 4 is 21.6 Å². The molecule has 72 valence electrons. The van der Waals surface area contributed by atoms with Crippen LogP contribution in [-0.4, -0.2) is 8.42 Å². The molecule has 1 aromatic carbocycles. The lowest BCUT2D eigenvalue weighted by atomic mass is 10.2. The highest BCUT2D eigenvalue weighted by Gasteiger charge is 2.17. The van der Waals surface area contributed by atoms with Crippen LogP contribution in [0.2, 0.25) is 5.02 Å². The number of sulfonamides is 1. The molecular formula is C7H7ClFNO2S. The Bertz CT molecular complexity index is 444. The number of rotatable bonds is 1. The molecule has 1 rings (SSSR count). The molecule has 0 aliphatic rings. The number of nitrogens with two attached hydrogens (primary N) is 1. The molecule has 0 heterocycles. The van der Waals surface area contributed by atoms with Gasteiger partial charge in [0, 0.05) is 0 Å². The highest BCUT2D eigenvalue weighted by Crippen LogP contribution is 2.25. The molecule has 6 heteroatoms. The molecule has 13 heavy (non-hydrogen) atoms. The third kappa shape index (κ3) is 1.99. The fourth-order valence-corrected chi connectivity index (χ4v) is 1.98. The quantitative estimate of drug-likeness (QED) is 0.783. The van der Waals surface area contributed by atoms with E-state index in [4.69, 9.17) is 16.7 Å². The summed E-state index contributed by atoms with van der Waals surface area (Å²) in [6.07, 6.45) is 0. The van der Waals surface area contributed by atoms with Gasteiger partial charge in [0.2, 0.25) is 10.0 Å². The van der Waals surface area contributed by atoms with Crippen molar-refractivity contribution < 1.29 is 12.8 Å². The van der Waals surface area contributed by atoms with Crippen molar-refractivity contribution in [2.45, 2.75) is 11.8 Å². The first kappa shape index (κ1) is 10.4. The Hall–Kier alpha value is -0.650. The molecule has 0 aromatic heterocycles. The lowest BCUT2D eigenvalue weighted by Crippen LogP contribution is -2.13. The minimum absolute atomic E-state index is 0.275. The second-order valence-corrected chi connectivity index (χ2v) is 4.46. The van der Waals surface area contributed by atoms with E-state index in [0.29, 0.717) is 0 Å². The Kier molecular flexibility index (Phi) is 2.61. The Balaban J connectivity index is 3.53. The van der Waals surface area contributed by atoms with Crippen molar-refractivity contribution in [3.8, 4) is 0 Å². The largest absolute Gasteiger partial charge is 0.239 e. The molecule has 2 N–H and O–H groups in total. The highest BCUT2D eigenvalue weighted by atomic mass is 35.5. The molecule has 0 fully saturated rings. The van der Waals surface area contributed by atoms with Gasteiger partial charge in [-0.2, -0.15) is 0 Å². The van der Waals surface area contributed by atoms with Gasteiger partial charge in [-0.05, 0) is 18.6 Å². The van der Waals surface area contributed by atoms with Crippen molar-refractivity contribution in [3.05, 3.63) is 28.5 Å². The smallest absolute Gasteiger partial charge is 0.225 e. The summed E-state index contributed by atoms with van der Waals surface area (Å²) in [7, 11) is -3.94. The van der Waals surface area contributed by atoms with Crippen LogP contribution in [0, 0.1) is 12.7 Å². The lowest BCUT2D eigenvalue weighted by molar-refractivity contribution is 0.590. The summed E-state index contributed by atoms with van der Waals surface area (Å²) in [4.78, 5) is -0.391. The van der Waals surface area contributed by atoms with Crippen LogP contribution >= 0.6 is 11.6 Å². The maximum Gasteiger partial charge on any atom is 0.239 e. The van der Waals surface area contributed by atoms with Crippen LogP contribution in [0.15, 0.2) is 17.0 Å². The van der Waals surface area contributed by atoms with Gasteiger partial charge in [0.15, 0.2) is 0 Å². The predicted octanol–water partition coefficient (Wildman–Crippen LogP) is 1.43. The van der Waals surface area contributed by atoms with E-state index in [1.807, 2.05) is 0 Å². The Labute approximate surface area is 80.4 Å². The minimum atomic E-state index is -3.94. The zero-order valence-corrected chi connectivity index (χ0v) is 8.29. The van der Waals surface area contributed by atoms with Gasteiger partial charge in [-0.3, -0.25) is 0 Å². The van der Waals surface area contributed by atoms with E-state index in [1.165, 1.54) is 19.1 Å².